The smallest absolute Gasteiger partial charge is 0.191 e. The number of hydrogen-bond acceptors (Lipinski definition) is 4. The van der Waals surface area contributed by atoms with Crippen LogP contribution in [0.5, 0.6) is 0 Å². The van der Waals surface area contributed by atoms with Crippen molar-refractivity contribution in [3.8, 4) is 0 Å². The lowest BCUT2D eigenvalue weighted by Gasteiger charge is -2.61. The molecule has 6 nitrogen and oxygen atoms in total. The zero-order valence-electron chi connectivity index (χ0n) is 17.0. The van der Waals surface area contributed by atoms with Gasteiger partial charge in [-0.1, -0.05) is 6.42 Å². The van der Waals surface area contributed by atoms with Crippen LogP contribution in [0.4, 0.5) is 0 Å². The Labute approximate surface area is 176 Å². The van der Waals surface area contributed by atoms with E-state index in [2.05, 4.69) is 48.4 Å². The molecule has 0 aromatic rings. The van der Waals surface area contributed by atoms with Crippen molar-refractivity contribution in [3.05, 3.63) is 0 Å². The van der Waals surface area contributed by atoms with Crippen molar-refractivity contribution in [1.82, 2.24) is 20.4 Å². The van der Waals surface area contributed by atoms with Gasteiger partial charge in [0.1, 0.15) is 0 Å². The molecule has 2 saturated carbocycles. The van der Waals surface area contributed by atoms with Crippen molar-refractivity contribution < 1.29 is 4.74 Å². The maximum atomic E-state index is 5.98. The van der Waals surface area contributed by atoms with Crippen LogP contribution in [0.2, 0.25) is 0 Å². The van der Waals surface area contributed by atoms with Gasteiger partial charge < -0.3 is 20.3 Å². The van der Waals surface area contributed by atoms with Gasteiger partial charge in [-0.2, -0.15) is 0 Å². The minimum Gasteiger partial charge on any atom is -0.378 e. The zero-order chi connectivity index (χ0) is 17.9. The van der Waals surface area contributed by atoms with E-state index in [4.69, 9.17) is 9.73 Å². The molecule has 7 heteroatoms. The van der Waals surface area contributed by atoms with E-state index < -0.39 is 0 Å². The number of hydrogen-bond donors (Lipinski definition) is 2. The molecular formula is C19H38IN5O. The molecule has 0 bridgehead atoms. The van der Waals surface area contributed by atoms with Gasteiger partial charge in [0.15, 0.2) is 5.96 Å². The van der Waals surface area contributed by atoms with Crippen LogP contribution < -0.4 is 10.6 Å². The average Bonchev–Trinajstić information content (AvgIpc) is 2.52. The Bertz CT molecular complexity index is 471. The lowest BCUT2D eigenvalue weighted by atomic mass is 9.51. The summed E-state index contributed by atoms with van der Waals surface area (Å²) in [5.41, 5.74) is 0.369. The molecular weight excluding hydrogens is 441 g/mol. The summed E-state index contributed by atoms with van der Waals surface area (Å²) < 4.78 is 5.98. The highest BCUT2D eigenvalue weighted by atomic mass is 127. The number of halogens is 1. The quantitative estimate of drug-likeness (QED) is 0.346. The molecule has 0 radical (unpaired) electrons. The van der Waals surface area contributed by atoms with E-state index in [9.17, 15) is 0 Å². The first-order chi connectivity index (χ1) is 12.1. The minimum atomic E-state index is 0. The highest BCUT2D eigenvalue weighted by Crippen LogP contribution is 2.57. The van der Waals surface area contributed by atoms with Crippen molar-refractivity contribution in [2.45, 2.75) is 57.7 Å². The van der Waals surface area contributed by atoms with Crippen LogP contribution in [0.15, 0.2) is 4.99 Å². The fourth-order valence-electron chi connectivity index (χ4n) is 4.62. The van der Waals surface area contributed by atoms with Gasteiger partial charge >= 0.3 is 0 Å². The molecule has 152 valence electrons. The summed E-state index contributed by atoms with van der Waals surface area (Å²) >= 11 is 0. The largest absolute Gasteiger partial charge is 0.378 e. The summed E-state index contributed by atoms with van der Waals surface area (Å²) in [7, 11) is 4.42. The van der Waals surface area contributed by atoms with Crippen LogP contribution in [0.25, 0.3) is 0 Å². The van der Waals surface area contributed by atoms with Crippen molar-refractivity contribution in [2.24, 2.45) is 10.4 Å². The Morgan fingerprint density at radius 1 is 1.23 bits per heavy atom. The number of aliphatic imine (C=N–C) groups is 1. The van der Waals surface area contributed by atoms with E-state index in [1.54, 1.807) is 0 Å². The predicted octanol–water partition coefficient (Wildman–Crippen LogP) is 1.75. The second-order valence-electron chi connectivity index (χ2n) is 8.08. The van der Waals surface area contributed by atoms with E-state index in [0.29, 0.717) is 23.6 Å². The minimum absolute atomic E-state index is 0. The third-order valence-electron chi connectivity index (χ3n) is 6.53. The summed E-state index contributed by atoms with van der Waals surface area (Å²) in [5.74, 6) is 0.982. The van der Waals surface area contributed by atoms with E-state index in [1.165, 1.54) is 19.3 Å². The van der Waals surface area contributed by atoms with E-state index in [1.807, 2.05) is 0 Å². The fourth-order valence-corrected chi connectivity index (χ4v) is 4.62. The summed E-state index contributed by atoms with van der Waals surface area (Å²) in [6.45, 7) is 10.2. The molecule has 3 rings (SSSR count). The molecule has 1 heterocycles. The van der Waals surface area contributed by atoms with Crippen LogP contribution in [0.3, 0.4) is 0 Å². The first-order valence-corrected chi connectivity index (χ1v) is 10.1. The van der Waals surface area contributed by atoms with E-state index >= 15 is 0 Å². The second kappa shape index (κ2) is 9.89. The molecule has 3 aliphatic rings. The number of nitrogens with one attached hydrogen (secondary N) is 2. The van der Waals surface area contributed by atoms with Gasteiger partial charge in [0.05, 0.1) is 12.6 Å². The van der Waals surface area contributed by atoms with Crippen LogP contribution in [-0.4, -0.2) is 87.4 Å². The van der Waals surface area contributed by atoms with Crippen LogP contribution in [0, 0.1) is 5.41 Å². The molecule has 26 heavy (non-hydrogen) atoms. The number of piperazine rings is 1. The van der Waals surface area contributed by atoms with Gasteiger partial charge in [0.25, 0.3) is 0 Å². The Kier molecular flexibility index (Phi) is 8.43. The van der Waals surface area contributed by atoms with Crippen LogP contribution in [0.1, 0.15) is 39.5 Å². The molecule has 0 aromatic carbocycles. The number of guanidine groups is 1. The zero-order valence-corrected chi connectivity index (χ0v) is 19.3. The third-order valence-corrected chi connectivity index (χ3v) is 6.53. The second-order valence-corrected chi connectivity index (χ2v) is 8.08. The highest BCUT2D eigenvalue weighted by Gasteiger charge is 2.59. The third kappa shape index (κ3) is 4.64. The monoisotopic (exact) mass is 479 g/mol. The van der Waals surface area contributed by atoms with Gasteiger partial charge in [-0.15, -0.1) is 24.0 Å². The van der Waals surface area contributed by atoms with Gasteiger partial charge in [0, 0.05) is 50.3 Å². The Morgan fingerprint density at radius 2 is 2.00 bits per heavy atom. The molecule has 1 aliphatic heterocycles. The van der Waals surface area contributed by atoms with Crippen molar-refractivity contribution >= 4 is 29.9 Å². The Morgan fingerprint density at radius 3 is 2.62 bits per heavy atom. The molecule has 3 fully saturated rings. The first kappa shape index (κ1) is 22.2. The highest BCUT2D eigenvalue weighted by molar-refractivity contribution is 14.0. The molecule has 3 unspecified atom stereocenters. The molecule has 0 aromatic heterocycles. The SMILES string of the molecule is CCNC(=NCC1CN(C)CCN1C)NC1CC(OCC)C12CCC2.I. The average molecular weight is 479 g/mol. The van der Waals surface area contributed by atoms with Gasteiger partial charge in [0.2, 0.25) is 0 Å². The van der Waals surface area contributed by atoms with Gasteiger partial charge in [-0.25, -0.2) is 0 Å². The summed E-state index contributed by atoms with van der Waals surface area (Å²) in [6.07, 6.45) is 5.50. The normalized spacial score (nSPS) is 31.7. The molecule has 1 saturated heterocycles. The Balaban J connectivity index is 0.00000243. The van der Waals surface area contributed by atoms with Crippen LogP contribution >= 0.6 is 24.0 Å². The molecule has 2 N–H and O–H groups in total. The summed E-state index contributed by atoms with van der Waals surface area (Å²) in [5, 5.41) is 7.17. The maximum absolute atomic E-state index is 5.98. The standard InChI is InChI=1S/C19H37N5O.HI/c1-5-20-18(21-13-15-14-23(3)10-11-24(15)4)22-16-12-17(25-6-2)19(16)8-7-9-19;/h15-17H,5-14H2,1-4H3,(H2,20,21,22);1H. The van der Waals surface area contributed by atoms with Crippen molar-refractivity contribution in [3.63, 3.8) is 0 Å². The van der Waals surface area contributed by atoms with Crippen molar-refractivity contribution in [1.29, 1.82) is 0 Å². The lowest BCUT2D eigenvalue weighted by molar-refractivity contribution is -0.168. The predicted molar refractivity (Wildman–Crippen MR) is 119 cm³/mol. The lowest BCUT2D eigenvalue weighted by Crippen LogP contribution is -2.68. The van der Waals surface area contributed by atoms with E-state index in [-0.39, 0.29) is 24.0 Å². The fraction of sp³-hybridized carbons (Fsp3) is 0.947. The number of rotatable bonds is 6. The summed E-state index contributed by atoms with van der Waals surface area (Å²) in [6, 6.07) is 1.02. The number of likely N-dealkylation sites (N-methyl/N-ethyl adjacent to an activating group) is 2. The molecule has 1 spiro atoms. The number of nitrogens with zero attached hydrogens (tertiary/aromatic N) is 3. The molecule has 0 amide bonds. The first-order valence-electron chi connectivity index (χ1n) is 10.1. The number of ether oxygens (including phenoxy) is 1. The molecule has 3 atom stereocenters. The molecule has 2 aliphatic carbocycles. The van der Waals surface area contributed by atoms with E-state index in [0.717, 1.165) is 51.7 Å². The van der Waals surface area contributed by atoms with Crippen molar-refractivity contribution in [2.75, 3.05) is 53.4 Å². The van der Waals surface area contributed by atoms with Gasteiger partial charge in [-0.05, 0) is 47.2 Å². The summed E-state index contributed by atoms with van der Waals surface area (Å²) in [4.78, 5) is 9.77. The van der Waals surface area contributed by atoms with Crippen LogP contribution in [-0.2, 0) is 4.74 Å². The Hall–Kier alpha value is -0.120. The van der Waals surface area contributed by atoms with Gasteiger partial charge in [-0.3, -0.25) is 9.89 Å². The maximum Gasteiger partial charge on any atom is 0.191 e. The topological polar surface area (TPSA) is 52.1 Å².